The summed E-state index contributed by atoms with van der Waals surface area (Å²) in [7, 11) is -3.85. The molecule has 0 aliphatic heterocycles. The van der Waals surface area contributed by atoms with Crippen LogP contribution in [0.1, 0.15) is 42.1 Å². The van der Waals surface area contributed by atoms with E-state index in [4.69, 9.17) is 9.26 Å². The van der Waals surface area contributed by atoms with Gasteiger partial charge < -0.3 is 14.6 Å². The van der Waals surface area contributed by atoms with Crippen molar-refractivity contribution in [1.29, 1.82) is 0 Å². The highest BCUT2D eigenvalue weighted by molar-refractivity contribution is 7.92. The van der Waals surface area contributed by atoms with Crippen molar-refractivity contribution in [3.63, 3.8) is 0 Å². The summed E-state index contributed by atoms with van der Waals surface area (Å²) in [5.74, 6) is 0.761. The first-order chi connectivity index (χ1) is 15.1. The fourth-order valence-electron chi connectivity index (χ4n) is 3.14. The molecule has 32 heavy (non-hydrogen) atoms. The number of rotatable bonds is 8. The molecule has 0 unspecified atom stereocenters. The predicted octanol–water partition coefficient (Wildman–Crippen LogP) is 4.54. The summed E-state index contributed by atoms with van der Waals surface area (Å²) < 4.78 is 38.0. The molecule has 0 atom stereocenters. The number of carbonyl (C=O) groups is 1. The summed E-state index contributed by atoms with van der Waals surface area (Å²) in [5.41, 5.74) is 4.02. The zero-order chi connectivity index (χ0) is 23.5. The molecule has 0 aliphatic rings. The number of benzene rings is 2. The van der Waals surface area contributed by atoms with Crippen LogP contribution in [0.2, 0.25) is 0 Å². The third-order valence-corrected chi connectivity index (χ3v) is 6.41. The van der Waals surface area contributed by atoms with Gasteiger partial charge in [-0.3, -0.25) is 4.79 Å². The van der Waals surface area contributed by atoms with E-state index >= 15 is 0 Å². The van der Waals surface area contributed by atoms with Crippen LogP contribution >= 0.6 is 0 Å². The van der Waals surface area contributed by atoms with Crippen molar-refractivity contribution < 1.29 is 22.5 Å². The molecule has 9 heteroatoms. The SMILES string of the molecule is Cc1cc(OCC(=O)Nc2ccc(S(=O)(=O)Nc3onc(C)c3C)cc2)ccc1C(C)C. The summed E-state index contributed by atoms with van der Waals surface area (Å²) in [6, 6.07) is 11.6. The Bertz CT molecular complexity index is 1210. The highest BCUT2D eigenvalue weighted by atomic mass is 32.2. The van der Waals surface area contributed by atoms with Crippen LogP contribution in [0, 0.1) is 20.8 Å². The minimum absolute atomic E-state index is 0.0286. The van der Waals surface area contributed by atoms with Gasteiger partial charge in [0.1, 0.15) is 5.75 Å². The zero-order valence-electron chi connectivity index (χ0n) is 18.7. The van der Waals surface area contributed by atoms with Gasteiger partial charge in [0, 0.05) is 11.3 Å². The third-order valence-electron chi connectivity index (χ3n) is 5.07. The molecule has 0 spiro atoms. The van der Waals surface area contributed by atoms with Crippen LogP contribution in [0.4, 0.5) is 11.6 Å². The molecule has 3 aromatic rings. The summed E-state index contributed by atoms with van der Waals surface area (Å²) in [5, 5.41) is 6.42. The molecule has 1 amide bonds. The lowest BCUT2D eigenvalue weighted by Gasteiger charge is -2.12. The monoisotopic (exact) mass is 457 g/mol. The molecule has 0 saturated carbocycles. The Morgan fingerprint density at radius 3 is 2.34 bits per heavy atom. The Kier molecular flexibility index (Phi) is 6.88. The Labute approximate surface area is 188 Å². The van der Waals surface area contributed by atoms with Gasteiger partial charge in [-0.15, -0.1) is 0 Å². The second-order valence-corrected chi connectivity index (χ2v) is 9.54. The number of hydrogen-bond acceptors (Lipinski definition) is 6. The second-order valence-electron chi connectivity index (χ2n) is 7.86. The fourth-order valence-corrected chi connectivity index (χ4v) is 4.19. The fraction of sp³-hybridized carbons (Fsp3) is 0.304. The van der Waals surface area contributed by atoms with Crippen LogP contribution < -0.4 is 14.8 Å². The van der Waals surface area contributed by atoms with Crippen molar-refractivity contribution >= 4 is 27.5 Å². The van der Waals surface area contributed by atoms with Gasteiger partial charge in [-0.2, -0.15) is 0 Å². The number of nitrogens with one attached hydrogen (secondary N) is 2. The number of anilines is 2. The molecule has 0 radical (unpaired) electrons. The van der Waals surface area contributed by atoms with E-state index in [0.717, 1.165) is 5.56 Å². The minimum Gasteiger partial charge on any atom is -0.484 e. The number of carbonyl (C=O) groups excluding carboxylic acids is 1. The molecular formula is C23H27N3O5S. The maximum absolute atomic E-state index is 12.5. The Morgan fingerprint density at radius 2 is 1.78 bits per heavy atom. The van der Waals surface area contributed by atoms with Crippen molar-refractivity contribution in [1.82, 2.24) is 5.16 Å². The predicted molar refractivity (Wildman–Crippen MR) is 123 cm³/mol. The van der Waals surface area contributed by atoms with Crippen molar-refractivity contribution in [2.24, 2.45) is 0 Å². The van der Waals surface area contributed by atoms with E-state index in [1.165, 1.54) is 29.8 Å². The standard InChI is InChI=1S/C23H27N3O5S/c1-14(2)21-11-8-19(12-15(21)3)30-13-22(27)24-18-6-9-20(10-7-18)32(28,29)26-23-16(4)17(5)25-31-23/h6-12,14,26H,13H2,1-5H3,(H,24,27). The van der Waals surface area contributed by atoms with E-state index in [1.807, 2.05) is 25.1 Å². The van der Waals surface area contributed by atoms with E-state index in [9.17, 15) is 13.2 Å². The average Bonchev–Trinajstić information content (AvgIpc) is 3.04. The van der Waals surface area contributed by atoms with Gasteiger partial charge in [0.05, 0.1) is 10.6 Å². The molecule has 3 rings (SSSR count). The first-order valence-corrected chi connectivity index (χ1v) is 11.6. The quantitative estimate of drug-likeness (QED) is 0.514. The summed E-state index contributed by atoms with van der Waals surface area (Å²) >= 11 is 0. The largest absolute Gasteiger partial charge is 0.484 e. The normalized spacial score (nSPS) is 11.4. The van der Waals surface area contributed by atoms with E-state index in [1.54, 1.807) is 13.8 Å². The van der Waals surface area contributed by atoms with Gasteiger partial charge in [-0.25, -0.2) is 13.1 Å². The lowest BCUT2D eigenvalue weighted by molar-refractivity contribution is -0.118. The van der Waals surface area contributed by atoms with Crippen molar-refractivity contribution in [3.05, 3.63) is 64.8 Å². The first-order valence-electron chi connectivity index (χ1n) is 10.2. The summed E-state index contributed by atoms with van der Waals surface area (Å²) in [6.07, 6.45) is 0. The summed E-state index contributed by atoms with van der Waals surface area (Å²) in [4.78, 5) is 12.3. The number of aryl methyl sites for hydroxylation is 2. The Balaban J connectivity index is 1.58. The third kappa shape index (κ3) is 5.47. The molecule has 2 N–H and O–H groups in total. The maximum atomic E-state index is 12.5. The average molecular weight is 458 g/mol. The highest BCUT2D eigenvalue weighted by Crippen LogP contribution is 2.24. The van der Waals surface area contributed by atoms with E-state index in [2.05, 4.69) is 29.0 Å². The molecule has 1 heterocycles. The van der Waals surface area contributed by atoms with Crippen LogP contribution in [0.25, 0.3) is 0 Å². The number of ether oxygens (including phenoxy) is 1. The lowest BCUT2D eigenvalue weighted by Crippen LogP contribution is -2.20. The van der Waals surface area contributed by atoms with E-state index in [0.29, 0.717) is 28.6 Å². The maximum Gasteiger partial charge on any atom is 0.264 e. The lowest BCUT2D eigenvalue weighted by atomic mass is 9.98. The van der Waals surface area contributed by atoms with E-state index in [-0.39, 0.29) is 23.3 Å². The van der Waals surface area contributed by atoms with Crippen molar-refractivity contribution in [2.45, 2.75) is 45.4 Å². The van der Waals surface area contributed by atoms with Gasteiger partial charge in [0.2, 0.25) is 5.88 Å². The van der Waals surface area contributed by atoms with Crippen LogP contribution in [0.15, 0.2) is 51.9 Å². The number of aromatic nitrogens is 1. The molecule has 0 saturated heterocycles. The molecule has 0 fully saturated rings. The van der Waals surface area contributed by atoms with Gasteiger partial charge in [0.25, 0.3) is 15.9 Å². The molecule has 2 aromatic carbocycles. The molecule has 0 bridgehead atoms. The van der Waals surface area contributed by atoms with Gasteiger partial charge in [-0.05, 0) is 74.2 Å². The second kappa shape index (κ2) is 9.44. The molecule has 8 nitrogen and oxygen atoms in total. The van der Waals surface area contributed by atoms with Crippen LogP contribution in [-0.2, 0) is 14.8 Å². The Hall–Kier alpha value is -3.33. The van der Waals surface area contributed by atoms with Crippen LogP contribution in [0.5, 0.6) is 5.75 Å². The topological polar surface area (TPSA) is 111 Å². The highest BCUT2D eigenvalue weighted by Gasteiger charge is 2.19. The molecule has 0 aliphatic carbocycles. The number of hydrogen-bond donors (Lipinski definition) is 2. The minimum atomic E-state index is -3.85. The number of amides is 1. The zero-order valence-corrected chi connectivity index (χ0v) is 19.5. The van der Waals surface area contributed by atoms with Gasteiger partial charge in [0.15, 0.2) is 6.61 Å². The molecular weight excluding hydrogens is 430 g/mol. The van der Waals surface area contributed by atoms with Crippen LogP contribution in [0.3, 0.4) is 0 Å². The van der Waals surface area contributed by atoms with Crippen molar-refractivity contribution in [3.8, 4) is 5.75 Å². The van der Waals surface area contributed by atoms with Crippen molar-refractivity contribution in [2.75, 3.05) is 16.6 Å². The number of sulfonamides is 1. The number of nitrogens with zero attached hydrogens (tertiary/aromatic N) is 1. The smallest absolute Gasteiger partial charge is 0.264 e. The van der Waals surface area contributed by atoms with Gasteiger partial charge in [-0.1, -0.05) is 25.1 Å². The van der Waals surface area contributed by atoms with Crippen LogP contribution in [-0.4, -0.2) is 26.1 Å². The molecule has 1 aromatic heterocycles. The molecule has 170 valence electrons. The van der Waals surface area contributed by atoms with Gasteiger partial charge >= 0.3 is 0 Å². The summed E-state index contributed by atoms with van der Waals surface area (Å²) in [6.45, 7) is 9.53. The first kappa shape index (κ1) is 23.3. The Morgan fingerprint density at radius 1 is 1.09 bits per heavy atom. The van der Waals surface area contributed by atoms with E-state index < -0.39 is 10.0 Å².